The molecule has 1 aromatic carbocycles. The van der Waals surface area contributed by atoms with Gasteiger partial charge in [0.1, 0.15) is 5.82 Å². The highest BCUT2D eigenvalue weighted by atomic mass is 32.2. The molecule has 0 unspecified atom stereocenters. The van der Waals surface area contributed by atoms with Gasteiger partial charge in [-0.05, 0) is 43.2 Å². The summed E-state index contributed by atoms with van der Waals surface area (Å²) in [6.07, 6.45) is 2.70. The van der Waals surface area contributed by atoms with Crippen LogP contribution in [0.25, 0.3) is 0 Å². The lowest BCUT2D eigenvalue weighted by atomic mass is 10.2. The standard InChI is InChI=1S/C19H24N4O3S/c1-15-5-4-6-17(13-15)27(25,26)21-11-8-19(24)22-16-9-12-23(14-16)18-7-2-3-10-20-18/h2-7,10,13,16,21H,8-9,11-12,14H2,1H3,(H,22,24)/t16-/m1/s1. The zero-order chi connectivity index (χ0) is 19.3. The number of benzene rings is 1. The van der Waals surface area contributed by atoms with Gasteiger partial charge in [-0.1, -0.05) is 18.2 Å². The SMILES string of the molecule is Cc1cccc(S(=O)(=O)NCCC(=O)N[C@@H]2CCN(c3ccccn3)C2)c1. The normalized spacial score (nSPS) is 17.1. The molecule has 0 radical (unpaired) electrons. The molecule has 2 heterocycles. The highest BCUT2D eigenvalue weighted by molar-refractivity contribution is 7.89. The van der Waals surface area contributed by atoms with Gasteiger partial charge in [-0.2, -0.15) is 0 Å². The van der Waals surface area contributed by atoms with Crippen molar-refractivity contribution in [3.8, 4) is 0 Å². The largest absolute Gasteiger partial charge is 0.354 e. The minimum Gasteiger partial charge on any atom is -0.354 e. The summed E-state index contributed by atoms with van der Waals surface area (Å²) in [6.45, 7) is 3.45. The van der Waals surface area contributed by atoms with E-state index in [0.717, 1.165) is 24.3 Å². The van der Waals surface area contributed by atoms with Crippen LogP contribution in [0.2, 0.25) is 0 Å². The molecular formula is C19H24N4O3S. The number of anilines is 1. The summed E-state index contributed by atoms with van der Waals surface area (Å²) in [5.41, 5.74) is 0.870. The van der Waals surface area contributed by atoms with Gasteiger partial charge in [-0.3, -0.25) is 4.79 Å². The highest BCUT2D eigenvalue weighted by Gasteiger charge is 2.24. The number of amides is 1. The Labute approximate surface area is 159 Å². The van der Waals surface area contributed by atoms with E-state index in [9.17, 15) is 13.2 Å². The molecular weight excluding hydrogens is 364 g/mol. The number of aromatic nitrogens is 1. The van der Waals surface area contributed by atoms with Crippen LogP contribution in [0.15, 0.2) is 53.6 Å². The first-order valence-electron chi connectivity index (χ1n) is 8.96. The molecule has 0 aliphatic carbocycles. The van der Waals surface area contributed by atoms with E-state index in [1.807, 2.05) is 31.2 Å². The Hall–Kier alpha value is -2.45. The lowest BCUT2D eigenvalue weighted by molar-refractivity contribution is -0.121. The molecule has 3 rings (SSSR count). The maximum absolute atomic E-state index is 12.3. The fourth-order valence-electron chi connectivity index (χ4n) is 3.09. The van der Waals surface area contributed by atoms with Gasteiger partial charge in [0.05, 0.1) is 4.90 Å². The average molecular weight is 388 g/mol. The molecule has 1 aliphatic heterocycles. The van der Waals surface area contributed by atoms with Gasteiger partial charge in [-0.15, -0.1) is 0 Å². The molecule has 1 aliphatic rings. The first-order chi connectivity index (χ1) is 12.9. The predicted molar refractivity (Wildman–Crippen MR) is 104 cm³/mol. The summed E-state index contributed by atoms with van der Waals surface area (Å²) < 4.78 is 27.0. The summed E-state index contributed by atoms with van der Waals surface area (Å²) in [5, 5.41) is 2.97. The topological polar surface area (TPSA) is 91.4 Å². The number of hydrogen-bond donors (Lipinski definition) is 2. The van der Waals surface area contributed by atoms with Gasteiger partial charge >= 0.3 is 0 Å². The third-order valence-electron chi connectivity index (χ3n) is 4.47. The van der Waals surface area contributed by atoms with Crippen molar-refractivity contribution in [3.63, 3.8) is 0 Å². The number of hydrogen-bond acceptors (Lipinski definition) is 5. The molecule has 1 fully saturated rings. The van der Waals surface area contributed by atoms with Crippen LogP contribution in [0.3, 0.4) is 0 Å². The second-order valence-corrected chi connectivity index (χ2v) is 8.42. The molecule has 7 nitrogen and oxygen atoms in total. The molecule has 0 spiro atoms. The van der Waals surface area contributed by atoms with Gasteiger partial charge < -0.3 is 10.2 Å². The van der Waals surface area contributed by atoms with Gasteiger partial charge in [0.25, 0.3) is 0 Å². The van der Waals surface area contributed by atoms with E-state index in [0.29, 0.717) is 6.54 Å². The Kier molecular flexibility index (Phi) is 6.08. The Morgan fingerprint density at radius 2 is 2.11 bits per heavy atom. The van der Waals surface area contributed by atoms with Crippen LogP contribution in [0, 0.1) is 6.92 Å². The quantitative estimate of drug-likeness (QED) is 0.749. The van der Waals surface area contributed by atoms with Crippen molar-refractivity contribution >= 4 is 21.7 Å². The number of pyridine rings is 1. The number of carbonyl (C=O) groups is 1. The average Bonchev–Trinajstić information content (AvgIpc) is 3.11. The van der Waals surface area contributed by atoms with Crippen LogP contribution in [0.5, 0.6) is 0 Å². The second-order valence-electron chi connectivity index (χ2n) is 6.65. The smallest absolute Gasteiger partial charge is 0.240 e. The van der Waals surface area contributed by atoms with Gasteiger partial charge in [0, 0.05) is 38.3 Å². The van der Waals surface area contributed by atoms with E-state index in [1.54, 1.807) is 24.4 Å². The Morgan fingerprint density at radius 3 is 2.85 bits per heavy atom. The molecule has 1 aromatic heterocycles. The third kappa shape index (κ3) is 5.27. The summed E-state index contributed by atoms with van der Waals surface area (Å²) in [5.74, 6) is 0.745. The molecule has 1 atom stereocenters. The fourth-order valence-corrected chi connectivity index (χ4v) is 4.23. The first kappa shape index (κ1) is 19.3. The number of sulfonamides is 1. The monoisotopic (exact) mass is 388 g/mol. The minimum absolute atomic E-state index is 0.0490. The zero-order valence-corrected chi connectivity index (χ0v) is 16.1. The van der Waals surface area contributed by atoms with E-state index in [-0.39, 0.29) is 29.8 Å². The van der Waals surface area contributed by atoms with Gasteiger partial charge in [0.2, 0.25) is 15.9 Å². The van der Waals surface area contributed by atoms with Crippen molar-refractivity contribution in [2.24, 2.45) is 0 Å². The van der Waals surface area contributed by atoms with Crippen LogP contribution < -0.4 is 14.9 Å². The van der Waals surface area contributed by atoms with E-state index in [4.69, 9.17) is 0 Å². The van der Waals surface area contributed by atoms with Crippen molar-refractivity contribution in [2.45, 2.75) is 30.7 Å². The van der Waals surface area contributed by atoms with Crippen molar-refractivity contribution in [2.75, 3.05) is 24.5 Å². The van der Waals surface area contributed by atoms with Crippen molar-refractivity contribution in [3.05, 3.63) is 54.2 Å². The first-order valence-corrected chi connectivity index (χ1v) is 10.4. The van der Waals surface area contributed by atoms with Crippen LogP contribution in [-0.4, -0.2) is 45.0 Å². The molecule has 144 valence electrons. The minimum atomic E-state index is -3.60. The number of rotatable bonds is 7. The maximum atomic E-state index is 12.3. The molecule has 0 bridgehead atoms. The predicted octanol–water partition coefficient (Wildman–Crippen LogP) is 1.45. The second kappa shape index (κ2) is 8.49. The molecule has 8 heteroatoms. The Morgan fingerprint density at radius 1 is 1.26 bits per heavy atom. The lowest BCUT2D eigenvalue weighted by Crippen LogP contribution is -2.39. The van der Waals surface area contributed by atoms with Crippen LogP contribution >= 0.6 is 0 Å². The molecule has 2 N–H and O–H groups in total. The molecule has 27 heavy (non-hydrogen) atoms. The van der Waals surface area contributed by atoms with Crippen molar-refractivity contribution in [1.29, 1.82) is 0 Å². The summed E-state index contributed by atoms with van der Waals surface area (Å²) in [4.78, 5) is 18.8. The Bertz CT molecular complexity index is 887. The molecule has 1 amide bonds. The number of carbonyl (C=O) groups excluding carboxylic acids is 1. The maximum Gasteiger partial charge on any atom is 0.240 e. The van der Waals surface area contributed by atoms with Crippen molar-refractivity contribution in [1.82, 2.24) is 15.0 Å². The molecule has 0 saturated carbocycles. The third-order valence-corrected chi connectivity index (χ3v) is 5.93. The van der Waals surface area contributed by atoms with Crippen LogP contribution in [0.4, 0.5) is 5.82 Å². The summed E-state index contributed by atoms with van der Waals surface area (Å²) in [6, 6.07) is 12.5. The van der Waals surface area contributed by atoms with Crippen LogP contribution in [-0.2, 0) is 14.8 Å². The van der Waals surface area contributed by atoms with Gasteiger partial charge in [0.15, 0.2) is 0 Å². The fraction of sp³-hybridized carbons (Fsp3) is 0.368. The van der Waals surface area contributed by atoms with Gasteiger partial charge in [-0.25, -0.2) is 18.1 Å². The lowest BCUT2D eigenvalue weighted by Gasteiger charge is -2.17. The van der Waals surface area contributed by atoms with Crippen molar-refractivity contribution < 1.29 is 13.2 Å². The molecule has 1 saturated heterocycles. The van der Waals surface area contributed by atoms with Crippen LogP contribution in [0.1, 0.15) is 18.4 Å². The van der Waals surface area contributed by atoms with E-state index in [1.165, 1.54) is 0 Å². The number of aryl methyl sites for hydroxylation is 1. The summed E-state index contributed by atoms with van der Waals surface area (Å²) in [7, 11) is -3.60. The number of nitrogens with zero attached hydrogens (tertiary/aromatic N) is 2. The van der Waals surface area contributed by atoms with E-state index < -0.39 is 10.0 Å². The van der Waals surface area contributed by atoms with E-state index in [2.05, 4.69) is 19.9 Å². The number of nitrogens with one attached hydrogen (secondary N) is 2. The van der Waals surface area contributed by atoms with E-state index >= 15 is 0 Å². The Balaban J connectivity index is 1.44. The zero-order valence-electron chi connectivity index (χ0n) is 15.3. The summed E-state index contributed by atoms with van der Waals surface area (Å²) >= 11 is 0. The highest BCUT2D eigenvalue weighted by Crippen LogP contribution is 2.17. The molecule has 2 aromatic rings.